The molecule has 0 aromatic heterocycles. The lowest BCUT2D eigenvalue weighted by Gasteiger charge is -2.23. The fraction of sp³-hybridized carbons (Fsp3) is 0.467. The van der Waals surface area contributed by atoms with Gasteiger partial charge in [0.1, 0.15) is 5.75 Å². The third-order valence-corrected chi connectivity index (χ3v) is 3.95. The number of anilines is 1. The molecule has 20 heavy (non-hydrogen) atoms. The quantitative estimate of drug-likeness (QED) is 0.887. The zero-order chi connectivity index (χ0) is 14.8. The number of methoxy groups -OCH3 is 1. The lowest BCUT2D eigenvalue weighted by Crippen LogP contribution is -2.31. The summed E-state index contributed by atoms with van der Waals surface area (Å²) in [5, 5.41) is 11.8. The molecule has 0 bridgehead atoms. The zero-order valence-corrected chi connectivity index (χ0v) is 11.7. The van der Waals surface area contributed by atoms with E-state index in [4.69, 9.17) is 9.84 Å². The summed E-state index contributed by atoms with van der Waals surface area (Å²) in [5.41, 5.74) is 0.160. The molecule has 0 atom stereocenters. The molecule has 5 nitrogen and oxygen atoms in total. The summed E-state index contributed by atoms with van der Waals surface area (Å²) < 4.78 is 5.17. The van der Waals surface area contributed by atoms with Crippen molar-refractivity contribution in [2.75, 3.05) is 12.4 Å². The number of carbonyl (C=O) groups is 2. The number of aromatic carboxylic acids is 1. The van der Waals surface area contributed by atoms with E-state index in [0.717, 1.165) is 25.7 Å². The fourth-order valence-electron chi connectivity index (χ4n) is 2.59. The van der Waals surface area contributed by atoms with Crippen molar-refractivity contribution in [3.63, 3.8) is 0 Å². The van der Waals surface area contributed by atoms with E-state index in [1.807, 2.05) is 6.92 Å². The number of hydrogen-bond donors (Lipinski definition) is 2. The van der Waals surface area contributed by atoms with E-state index in [-0.39, 0.29) is 16.9 Å². The summed E-state index contributed by atoms with van der Waals surface area (Å²) in [5.74, 6) is -0.643. The average Bonchev–Trinajstić information content (AvgIpc) is 2.87. The molecule has 1 aromatic rings. The van der Waals surface area contributed by atoms with Crippen LogP contribution in [0.2, 0.25) is 0 Å². The van der Waals surface area contributed by atoms with Crippen LogP contribution in [0.4, 0.5) is 5.69 Å². The number of amides is 1. The molecule has 0 aliphatic heterocycles. The monoisotopic (exact) mass is 277 g/mol. The molecule has 5 heteroatoms. The number of carboxylic acid groups (broad SMARTS) is 1. The van der Waals surface area contributed by atoms with Gasteiger partial charge in [0, 0.05) is 5.41 Å². The van der Waals surface area contributed by atoms with Crippen molar-refractivity contribution in [3.8, 4) is 5.75 Å². The number of benzene rings is 1. The first-order valence-corrected chi connectivity index (χ1v) is 6.69. The maximum Gasteiger partial charge on any atom is 0.335 e. The predicted octanol–water partition coefficient (Wildman–Crippen LogP) is 2.91. The van der Waals surface area contributed by atoms with Gasteiger partial charge in [0.15, 0.2) is 0 Å². The molecule has 0 saturated heterocycles. The van der Waals surface area contributed by atoms with Gasteiger partial charge in [-0.2, -0.15) is 0 Å². The third kappa shape index (κ3) is 2.76. The normalized spacial score (nSPS) is 16.7. The Kier molecular flexibility index (Phi) is 3.97. The van der Waals surface area contributed by atoms with E-state index in [9.17, 15) is 9.59 Å². The number of carbonyl (C=O) groups excluding carboxylic acids is 1. The van der Waals surface area contributed by atoms with Gasteiger partial charge in [-0.05, 0) is 31.0 Å². The highest BCUT2D eigenvalue weighted by Crippen LogP contribution is 2.39. The van der Waals surface area contributed by atoms with Crippen molar-refractivity contribution in [1.29, 1.82) is 0 Å². The minimum atomic E-state index is -1.03. The van der Waals surface area contributed by atoms with Crippen LogP contribution in [0.1, 0.15) is 43.0 Å². The highest BCUT2D eigenvalue weighted by Gasteiger charge is 2.36. The summed E-state index contributed by atoms with van der Waals surface area (Å²) in [4.78, 5) is 23.4. The van der Waals surface area contributed by atoms with E-state index in [1.165, 1.54) is 19.2 Å². The van der Waals surface area contributed by atoms with Crippen LogP contribution in [0.5, 0.6) is 5.75 Å². The van der Waals surface area contributed by atoms with Crippen LogP contribution in [-0.4, -0.2) is 24.1 Å². The molecule has 0 spiro atoms. The van der Waals surface area contributed by atoms with Gasteiger partial charge in [-0.3, -0.25) is 4.79 Å². The van der Waals surface area contributed by atoms with Crippen molar-refractivity contribution in [2.24, 2.45) is 5.41 Å². The van der Waals surface area contributed by atoms with Gasteiger partial charge in [-0.15, -0.1) is 0 Å². The highest BCUT2D eigenvalue weighted by molar-refractivity contribution is 5.98. The van der Waals surface area contributed by atoms with Crippen molar-refractivity contribution >= 4 is 17.6 Å². The maximum atomic E-state index is 12.4. The van der Waals surface area contributed by atoms with Crippen LogP contribution in [0.3, 0.4) is 0 Å². The maximum absolute atomic E-state index is 12.4. The van der Waals surface area contributed by atoms with E-state index in [2.05, 4.69) is 5.32 Å². The molecular weight excluding hydrogens is 258 g/mol. The Hall–Kier alpha value is -2.04. The standard InChI is InChI=1S/C15H19NO4/c1-15(7-3-4-8-15)14(19)16-11-9-10(13(17)18)5-6-12(11)20-2/h5-6,9H,3-4,7-8H2,1-2H3,(H,16,19)(H,17,18). The molecular formula is C15H19NO4. The number of nitrogens with one attached hydrogen (secondary N) is 1. The Bertz CT molecular complexity index is 533. The lowest BCUT2D eigenvalue weighted by atomic mass is 9.88. The minimum Gasteiger partial charge on any atom is -0.495 e. The van der Waals surface area contributed by atoms with Gasteiger partial charge in [0.2, 0.25) is 5.91 Å². The highest BCUT2D eigenvalue weighted by atomic mass is 16.5. The van der Waals surface area contributed by atoms with E-state index >= 15 is 0 Å². The van der Waals surface area contributed by atoms with Crippen LogP contribution < -0.4 is 10.1 Å². The molecule has 0 heterocycles. The average molecular weight is 277 g/mol. The topological polar surface area (TPSA) is 75.6 Å². The molecule has 2 rings (SSSR count). The van der Waals surface area contributed by atoms with Crippen LogP contribution in [-0.2, 0) is 4.79 Å². The second-order valence-electron chi connectivity index (χ2n) is 5.44. The van der Waals surface area contributed by atoms with Crippen LogP contribution in [0.25, 0.3) is 0 Å². The molecule has 0 unspecified atom stereocenters. The summed E-state index contributed by atoms with van der Waals surface area (Å²) in [6, 6.07) is 4.43. The summed E-state index contributed by atoms with van der Waals surface area (Å²) in [6.07, 6.45) is 3.83. The van der Waals surface area contributed by atoms with Crippen molar-refractivity contribution in [2.45, 2.75) is 32.6 Å². The van der Waals surface area contributed by atoms with Crippen LogP contribution in [0.15, 0.2) is 18.2 Å². The van der Waals surface area contributed by atoms with Gasteiger partial charge in [-0.25, -0.2) is 4.79 Å². The Morgan fingerprint density at radius 2 is 1.95 bits per heavy atom. The van der Waals surface area contributed by atoms with Gasteiger partial charge in [0.05, 0.1) is 18.4 Å². The molecule has 1 fully saturated rings. The van der Waals surface area contributed by atoms with E-state index in [0.29, 0.717) is 11.4 Å². The third-order valence-electron chi connectivity index (χ3n) is 3.95. The zero-order valence-electron chi connectivity index (χ0n) is 11.7. The molecule has 108 valence electrons. The van der Waals surface area contributed by atoms with Gasteiger partial charge in [0.25, 0.3) is 0 Å². The second-order valence-corrected chi connectivity index (χ2v) is 5.44. The summed E-state index contributed by atoms with van der Waals surface area (Å²) in [7, 11) is 1.49. The summed E-state index contributed by atoms with van der Waals surface area (Å²) >= 11 is 0. The molecule has 1 aromatic carbocycles. The largest absolute Gasteiger partial charge is 0.495 e. The molecule has 1 amide bonds. The Balaban J connectivity index is 2.25. The number of ether oxygens (including phenoxy) is 1. The Morgan fingerprint density at radius 1 is 1.30 bits per heavy atom. The first-order chi connectivity index (χ1) is 9.46. The Labute approximate surface area is 117 Å². The smallest absolute Gasteiger partial charge is 0.335 e. The minimum absolute atomic E-state index is 0.0733. The van der Waals surface area contributed by atoms with Gasteiger partial charge in [-0.1, -0.05) is 19.8 Å². The second kappa shape index (κ2) is 5.53. The van der Waals surface area contributed by atoms with E-state index < -0.39 is 5.97 Å². The van der Waals surface area contributed by atoms with Crippen LogP contribution in [0, 0.1) is 5.41 Å². The molecule has 2 N–H and O–H groups in total. The Morgan fingerprint density at radius 3 is 2.50 bits per heavy atom. The van der Waals surface area contributed by atoms with Gasteiger partial charge >= 0.3 is 5.97 Å². The van der Waals surface area contributed by atoms with Crippen molar-refractivity contribution < 1.29 is 19.4 Å². The molecule has 1 saturated carbocycles. The number of hydrogen-bond acceptors (Lipinski definition) is 3. The SMILES string of the molecule is COc1ccc(C(=O)O)cc1NC(=O)C1(C)CCCC1. The fourth-order valence-corrected chi connectivity index (χ4v) is 2.59. The van der Waals surface area contributed by atoms with Crippen molar-refractivity contribution in [1.82, 2.24) is 0 Å². The molecule has 1 aliphatic rings. The predicted molar refractivity (Wildman–Crippen MR) is 75.2 cm³/mol. The lowest BCUT2D eigenvalue weighted by molar-refractivity contribution is -0.124. The van der Waals surface area contributed by atoms with E-state index in [1.54, 1.807) is 6.07 Å². The molecule has 1 aliphatic carbocycles. The number of carboxylic acids is 1. The summed E-state index contributed by atoms with van der Waals surface area (Å²) in [6.45, 7) is 1.95. The first kappa shape index (κ1) is 14.4. The van der Waals surface area contributed by atoms with Crippen LogP contribution >= 0.6 is 0 Å². The van der Waals surface area contributed by atoms with Crippen molar-refractivity contribution in [3.05, 3.63) is 23.8 Å². The molecule has 0 radical (unpaired) electrons. The van der Waals surface area contributed by atoms with Gasteiger partial charge < -0.3 is 15.2 Å². The number of rotatable bonds is 4. The first-order valence-electron chi connectivity index (χ1n) is 6.69.